The predicted octanol–water partition coefficient (Wildman–Crippen LogP) is -6.54. The zero-order valence-electron chi connectivity index (χ0n) is 13.6. The van der Waals surface area contributed by atoms with Gasteiger partial charge >= 0.3 is 0 Å². The molecular formula is C12H21O14P-2. The third-order valence-corrected chi connectivity index (χ3v) is 4.66. The molecule has 2 fully saturated rings. The van der Waals surface area contributed by atoms with Gasteiger partial charge in [0, 0.05) is 0 Å². The van der Waals surface area contributed by atoms with Crippen molar-refractivity contribution < 1.29 is 68.8 Å². The van der Waals surface area contributed by atoms with E-state index >= 15 is 0 Å². The first-order chi connectivity index (χ1) is 12.5. The molecule has 2 heterocycles. The monoisotopic (exact) mass is 420 g/mol. The molecule has 160 valence electrons. The van der Waals surface area contributed by atoms with E-state index in [9.17, 15) is 45.0 Å². The van der Waals surface area contributed by atoms with Crippen molar-refractivity contribution in [2.75, 3.05) is 13.2 Å². The summed E-state index contributed by atoms with van der Waals surface area (Å²) in [6, 6.07) is 0. The molecule has 0 spiro atoms. The van der Waals surface area contributed by atoms with Crippen molar-refractivity contribution >= 4 is 7.82 Å². The van der Waals surface area contributed by atoms with Gasteiger partial charge in [-0.3, -0.25) is 0 Å². The van der Waals surface area contributed by atoms with Crippen molar-refractivity contribution in [3.05, 3.63) is 0 Å². The third-order valence-electron chi connectivity index (χ3n) is 4.19. The molecule has 0 unspecified atom stereocenters. The Morgan fingerprint density at radius 2 is 1.30 bits per heavy atom. The minimum Gasteiger partial charge on any atom is -0.790 e. The van der Waals surface area contributed by atoms with Gasteiger partial charge in [-0.1, -0.05) is 0 Å². The summed E-state index contributed by atoms with van der Waals surface area (Å²) in [5.74, 6) is 0. The van der Waals surface area contributed by atoms with Gasteiger partial charge in [-0.15, -0.1) is 0 Å². The molecule has 15 heteroatoms. The Kier molecular flexibility index (Phi) is 7.68. The molecule has 2 aliphatic heterocycles. The van der Waals surface area contributed by atoms with Crippen molar-refractivity contribution in [1.82, 2.24) is 0 Å². The van der Waals surface area contributed by atoms with Gasteiger partial charge in [0.2, 0.25) is 0 Å². The van der Waals surface area contributed by atoms with Crippen LogP contribution in [-0.4, -0.2) is 110 Å². The molecule has 10 atom stereocenters. The van der Waals surface area contributed by atoms with Crippen LogP contribution in [0.25, 0.3) is 0 Å². The molecule has 0 aromatic rings. The molecule has 0 aliphatic carbocycles. The van der Waals surface area contributed by atoms with E-state index in [0.717, 1.165) is 0 Å². The maximum absolute atomic E-state index is 10.7. The maximum Gasteiger partial charge on any atom is 0.191 e. The van der Waals surface area contributed by atoms with Crippen molar-refractivity contribution in [3.63, 3.8) is 0 Å². The third kappa shape index (κ3) is 5.20. The number of hydrogen-bond acceptors (Lipinski definition) is 14. The van der Waals surface area contributed by atoms with Crippen LogP contribution < -0.4 is 9.79 Å². The highest BCUT2D eigenvalue weighted by molar-refractivity contribution is 7.43. The van der Waals surface area contributed by atoms with E-state index < -0.39 is 82.4 Å². The van der Waals surface area contributed by atoms with Crippen LogP contribution in [0.5, 0.6) is 0 Å². The smallest absolute Gasteiger partial charge is 0.191 e. The predicted molar refractivity (Wildman–Crippen MR) is 75.1 cm³/mol. The second-order valence-electron chi connectivity index (χ2n) is 6.06. The first kappa shape index (κ1) is 23.0. The SMILES string of the molecule is O=P([O-])([O-])O[C@H]1O[C@H](CO)[C@@H](O[C@H]2O[C@H](CO)[C@@H](O)[C@H](O)[C@H]2O)[C@H](O)[C@H]1O. The van der Waals surface area contributed by atoms with E-state index in [0.29, 0.717) is 0 Å². The summed E-state index contributed by atoms with van der Waals surface area (Å²) in [6.45, 7) is -1.65. The summed E-state index contributed by atoms with van der Waals surface area (Å²) in [5, 5.41) is 67.9. The molecule has 0 aromatic carbocycles. The van der Waals surface area contributed by atoms with E-state index in [1.165, 1.54) is 0 Å². The molecule has 27 heavy (non-hydrogen) atoms. The summed E-state index contributed by atoms with van der Waals surface area (Å²) < 4.78 is 29.9. The molecule has 2 aliphatic rings. The van der Waals surface area contributed by atoms with Gasteiger partial charge in [-0.2, -0.15) is 0 Å². The minimum atomic E-state index is -5.60. The summed E-state index contributed by atoms with van der Waals surface area (Å²) in [4.78, 5) is 21.4. The molecule has 0 aromatic heterocycles. The molecule has 0 amide bonds. The van der Waals surface area contributed by atoms with Crippen molar-refractivity contribution in [2.24, 2.45) is 0 Å². The second-order valence-corrected chi connectivity index (χ2v) is 7.16. The highest BCUT2D eigenvalue weighted by Crippen LogP contribution is 2.35. The largest absolute Gasteiger partial charge is 0.790 e. The molecule has 0 saturated carbocycles. The second kappa shape index (κ2) is 9.02. The van der Waals surface area contributed by atoms with Crippen molar-refractivity contribution in [2.45, 2.75) is 61.4 Å². The first-order valence-electron chi connectivity index (χ1n) is 7.79. The lowest BCUT2D eigenvalue weighted by molar-refractivity contribution is -0.380. The fourth-order valence-corrected chi connectivity index (χ4v) is 3.20. The Morgan fingerprint density at radius 3 is 1.81 bits per heavy atom. The van der Waals surface area contributed by atoms with Crippen LogP contribution in [-0.2, 0) is 23.3 Å². The Balaban J connectivity index is 2.14. The molecule has 14 nitrogen and oxygen atoms in total. The summed E-state index contributed by atoms with van der Waals surface area (Å²) in [7, 11) is -5.60. The number of hydrogen-bond donors (Lipinski definition) is 7. The van der Waals surface area contributed by atoms with Crippen LogP contribution in [0.15, 0.2) is 0 Å². The minimum absolute atomic E-state index is 0.751. The standard InChI is InChI=1S/C12H23O14P/c13-1-3-5(15)6(16)8(18)11(23-3)25-10-4(2-14)24-12(9(19)7(10)17)26-27(20,21)22/h3-19H,1-2H2,(H2,20,21,22)/p-2/t3-,4-,5-,6+,7-,8-,9-,10-,11-,12-/m1/s1. The Hall–Kier alpha value is -0.290. The average Bonchev–Trinajstić information content (AvgIpc) is 2.60. The van der Waals surface area contributed by atoms with Crippen LogP contribution in [0.3, 0.4) is 0 Å². The Morgan fingerprint density at radius 1 is 0.778 bits per heavy atom. The van der Waals surface area contributed by atoms with E-state index in [4.69, 9.17) is 19.3 Å². The zero-order chi connectivity index (χ0) is 20.5. The topological polar surface area (TPSA) is 242 Å². The fourth-order valence-electron chi connectivity index (χ4n) is 2.77. The van der Waals surface area contributed by atoms with Crippen LogP contribution in [0.4, 0.5) is 0 Å². The van der Waals surface area contributed by atoms with Crippen molar-refractivity contribution in [1.29, 1.82) is 0 Å². The normalized spacial score (nSPS) is 46.4. The van der Waals surface area contributed by atoms with E-state index in [-0.39, 0.29) is 0 Å². The quantitative estimate of drug-likeness (QED) is 0.198. The lowest BCUT2D eigenvalue weighted by Gasteiger charge is -2.47. The molecule has 7 N–H and O–H groups in total. The van der Waals surface area contributed by atoms with Crippen LogP contribution >= 0.6 is 7.82 Å². The number of ether oxygens (including phenoxy) is 3. The Bertz CT molecular complexity index is 524. The molecule has 0 radical (unpaired) electrons. The van der Waals surface area contributed by atoms with Gasteiger partial charge in [0.25, 0.3) is 0 Å². The number of aliphatic hydroxyl groups excluding tert-OH is 7. The van der Waals surface area contributed by atoms with Gasteiger partial charge in [0.15, 0.2) is 12.6 Å². The van der Waals surface area contributed by atoms with Crippen LogP contribution in [0.2, 0.25) is 0 Å². The molecule has 2 rings (SSSR count). The van der Waals surface area contributed by atoms with E-state index in [1.54, 1.807) is 0 Å². The number of rotatable bonds is 6. The van der Waals surface area contributed by atoms with Crippen molar-refractivity contribution in [3.8, 4) is 0 Å². The van der Waals surface area contributed by atoms with Gasteiger partial charge in [0.05, 0.1) is 21.0 Å². The van der Waals surface area contributed by atoms with Gasteiger partial charge < -0.3 is 68.8 Å². The molecular weight excluding hydrogens is 399 g/mol. The summed E-state index contributed by atoms with van der Waals surface area (Å²) in [5.41, 5.74) is 0. The summed E-state index contributed by atoms with van der Waals surface area (Å²) >= 11 is 0. The highest BCUT2D eigenvalue weighted by Gasteiger charge is 2.50. The maximum atomic E-state index is 10.7. The lowest BCUT2D eigenvalue weighted by Crippen LogP contribution is -2.64. The zero-order valence-corrected chi connectivity index (χ0v) is 14.5. The molecule has 2 saturated heterocycles. The lowest BCUT2D eigenvalue weighted by atomic mass is 9.97. The van der Waals surface area contributed by atoms with Gasteiger partial charge in [-0.25, -0.2) is 0 Å². The number of aliphatic hydroxyl groups is 7. The average molecular weight is 420 g/mol. The van der Waals surface area contributed by atoms with Crippen LogP contribution in [0, 0.1) is 0 Å². The fraction of sp³-hybridized carbons (Fsp3) is 1.00. The molecule has 0 bridgehead atoms. The Labute approximate surface area is 152 Å². The van der Waals surface area contributed by atoms with E-state index in [1.807, 2.05) is 0 Å². The summed E-state index contributed by atoms with van der Waals surface area (Å²) in [6.07, 6.45) is -17.7. The highest BCUT2D eigenvalue weighted by atomic mass is 31.2. The van der Waals surface area contributed by atoms with Gasteiger partial charge in [-0.05, 0) is 0 Å². The number of phosphoric acid groups is 1. The van der Waals surface area contributed by atoms with Crippen LogP contribution in [0.1, 0.15) is 0 Å². The first-order valence-corrected chi connectivity index (χ1v) is 9.25. The number of phosphoric ester groups is 1. The van der Waals surface area contributed by atoms with E-state index in [2.05, 4.69) is 4.52 Å². The van der Waals surface area contributed by atoms with Gasteiger partial charge in [0.1, 0.15) is 48.8 Å².